The predicted molar refractivity (Wildman–Crippen MR) is 77.9 cm³/mol. The molecule has 0 aliphatic heterocycles. The fourth-order valence-electron chi connectivity index (χ4n) is 2.53. The molecule has 3 rings (SSSR count). The number of Topliss-reactive ketones (excluding diaryl/α,β-unsaturated/α-hetero) is 1. The van der Waals surface area contributed by atoms with E-state index in [1.807, 2.05) is 18.3 Å². The van der Waals surface area contributed by atoms with Crippen molar-refractivity contribution in [1.29, 1.82) is 0 Å². The van der Waals surface area contributed by atoms with Crippen LogP contribution in [0.2, 0.25) is 0 Å². The number of nitrogens with zero attached hydrogens (tertiary/aromatic N) is 1. The first-order valence-corrected chi connectivity index (χ1v) is 7.34. The van der Waals surface area contributed by atoms with Crippen LogP contribution >= 0.6 is 15.9 Å². The maximum absolute atomic E-state index is 11.3. The molecule has 1 fully saturated rings. The van der Waals surface area contributed by atoms with Crippen LogP contribution in [0.5, 0.6) is 0 Å². The topological polar surface area (TPSA) is 45.8 Å². The summed E-state index contributed by atoms with van der Waals surface area (Å²) in [6.07, 6.45) is 5.12. The SMILES string of the molecule is O=C1CCC(c2ncc(-c3ccc(Br)cc3)[nH]2)CC1. The summed E-state index contributed by atoms with van der Waals surface area (Å²) < 4.78 is 1.07. The Balaban J connectivity index is 1.79. The van der Waals surface area contributed by atoms with Crippen molar-refractivity contribution in [2.75, 3.05) is 0 Å². The van der Waals surface area contributed by atoms with Gasteiger partial charge in [-0.3, -0.25) is 4.79 Å². The number of nitrogens with one attached hydrogen (secondary N) is 1. The van der Waals surface area contributed by atoms with Crippen molar-refractivity contribution in [3.05, 3.63) is 40.8 Å². The highest BCUT2D eigenvalue weighted by atomic mass is 79.9. The summed E-state index contributed by atoms with van der Waals surface area (Å²) in [6, 6.07) is 8.17. The largest absolute Gasteiger partial charge is 0.342 e. The molecule has 0 radical (unpaired) electrons. The molecule has 1 aliphatic carbocycles. The van der Waals surface area contributed by atoms with Crippen molar-refractivity contribution in [3.63, 3.8) is 0 Å². The molecule has 0 spiro atoms. The van der Waals surface area contributed by atoms with Gasteiger partial charge in [-0.15, -0.1) is 0 Å². The lowest BCUT2D eigenvalue weighted by atomic mass is 9.88. The van der Waals surface area contributed by atoms with Crippen LogP contribution in [0.4, 0.5) is 0 Å². The Hall–Kier alpha value is -1.42. The van der Waals surface area contributed by atoms with Gasteiger partial charge in [0.1, 0.15) is 11.6 Å². The molecular weight excluding hydrogens is 304 g/mol. The highest BCUT2D eigenvalue weighted by Gasteiger charge is 2.22. The molecule has 0 unspecified atom stereocenters. The molecule has 1 aromatic heterocycles. The summed E-state index contributed by atoms with van der Waals surface area (Å²) >= 11 is 3.43. The number of ketones is 1. The minimum absolute atomic E-state index is 0.385. The van der Waals surface area contributed by atoms with Gasteiger partial charge in [0.05, 0.1) is 11.9 Å². The zero-order chi connectivity index (χ0) is 13.2. The minimum atomic E-state index is 0.385. The summed E-state index contributed by atoms with van der Waals surface area (Å²) in [6.45, 7) is 0. The zero-order valence-corrected chi connectivity index (χ0v) is 12.1. The van der Waals surface area contributed by atoms with E-state index in [1.54, 1.807) is 0 Å². The molecule has 0 amide bonds. The van der Waals surface area contributed by atoms with E-state index >= 15 is 0 Å². The number of benzene rings is 1. The molecule has 98 valence electrons. The molecule has 1 heterocycles. The number of aromatic nitrogens is 2. The lowest BCUT2D eigenvalue weighted by Crippen LogP contribution is -2.13. The molecule has 2 aromatic rings. The third-order valence-electron chi connectivity index (χ3n) is 3.68. The maximum Gasteiger partial charge on any atom is 0.132 e. The molecular formula is C15H15BrN2O. The summed E-state index contributed by atoms with van der Waals surface area (Å²) in [7, 11) is 0. The molecule has 19 heavy (non-hydrogen) atoms. The lowest BCUT2D eigenvalue weighted by molar-refractivity contribution is -0.120. The number of aromatic amines is 1. The van der Waals surface area contributed by atoms with Gasteiger partial charge >= 0.3 is 0 Å². The van der Waals surface area contributed by atoms with Gasteiger partial charge in [-0.2, -0.15) is 0 Å². The lowest BCUT2D eigenvalue weighted by Gasteiger charge is -2.18. The number of imidazole rings is 1. The second-order valence-electron chi connectivity index (χ2n) is 5.00. The van der Waals surface area contributed by atoms with Gasteiger partial charge in [0, 0.05) is 23.2 Å². The molecule has 0 atom stereocenters. The molecule has 1 aliphatic rings. The maximum atomic E-state index is 11.3. The average Bonchev–Trinajstić information content (AvgIpc) is 2.90. The fourth-order valence-corrected chi connectivity index (χ4v) is 2.80. The van der Waals surface area contributed by atoms with E-state index in [1.165, 1.54) is 0 Å². The molecule has 1 saturated carbocycles. The van der Waals surface area contributed by atoms with Gasteiger partial charge in [0.25, 0.3) is 0 Å². The van der Waals surface area contributed by atoms with Crippen LogP contribution < -0.4 is 0 Å². The van der Waals surface area contributed by atoms with Crippen LogP contribution in [0, 0.1) is 0 Å². The van der Waals surface area contributed by atoms with Gasteiger partial charge in [-0.1, -0.05) is 28.1 Å². The van der Waals surface area contributed by atoms with Gasteiger partial charge < -0.3 is 4.98 Å². The standard InChI is InChI=1S/C15H15BrN2O/c16-12-5-1-10(2-6-12)14-9-17-15(18-14)11-3-7-13(19)8-4-11/h1-2,5-6,9,11H,3-4,7-8H2,(H,17,18). The van der Waals surface area contributed by atoms with Gasteiger partial charge in [-0.25, -0.2) is 4.98 Å². The van der Waals surface area contributed by atoms with Crippen LogP contribution in [0.25, 0.3) is 11.3 Å². The highest BCUT2D eigenvalue weighted by molar-refractivity contribution is 9.10. The van der Waals surface area contributed by atoms with Crippen LogP contribution in [0.3, 0.4) is 0 Å². The zero-order valence-electron chi connectivity index (χ0n) is 10.5. The fraction of sp³-hybridized carbons (Fsp3) is 0.333. The third kappa shape index (κ3) is 2.78. The normalized spacial score (nSPS) is 16.8. The van der Waals surface area contributed by atoms with E-state index < -0.39 is 0 Å². The minimum Gasteiger partial charge on any atom is -0.342 e. The predicted octanol–water partition coefficient (Wildman–Crippen LogP) is 4.07. The second kappa shape index (κ2) is 5.29. The Labute approximate surface area is 120 Å². The molecule has 3 nitrogen and oxygen atoms in total. The van der Waals surface area contributed by atoms with E-state index in [2.05, 4.69) is 38.0 Å². The van der Waals surface area contributed by atoms with E-state index in [9.17, 15) is 4.79 Å². The monoisotopic (exact) mass is 318 g/mol. The first-order valence-electron chi connectivity index (χ1n) is 6.55. The van der Waals surface area contributed by atoms with Gasteiger partial charge in [-0.05, 0) is 30.5 Å². The van der Waals surface area contributed by atoms with E-state index in [0.717, 1.165) is 34.4 Å². The third-order valence-corrected chi connectivity index (χ3v) is 4.21. The highest BCUT2D eigenvalue weighted by Crippen LogP contribution is 2.30. The first-order chi connectivity index (χ1) is 9.22. The number of hydrogen-bond acceptors (Lipinski definition) is 2. The number of hydrogen-bond donors (Lipinski definition) is 1. The van der Waals surface area contributed by atoms with Crippen LogP contribution in [0.1, 0.15) is 37.4 Å². The molecule has 1 N–H and O–H groups in total. The van der Waals surface area contributed by atoms with E-state index in [0.29, 0.717) is 24.5 Å². The van der Waals surface area contributed by atoms with Crippen LogP contribution in [-0.2, 0) is 4.79 Å². The summed E-state index contributed by atoms with van der Waals surface area (Å²) in [5.41, 5.74) is 2.17. The first kappa shape index (κ1) is 12.6. The van der Waals surface area contributed by atoms with E-state index in [4.69, 9.17) is 0 Å². The molecule has 4 heteroatoms. The number of rotatable bonds is 2. The number of carbonyl (C=O) groups excluding carboxylic acids is 1. The van der Waals surface area contributed by atoms with Crippen molar-refractivity contribution >= 4 is 21.7 Å². The summed E-state index contributed by atoms with van der Waals surface area (Å²) in [5.74, 6) is 1.81. The number of H-pyrrole nitrogens is 1. The van der Waals surface area contributed by atoms with Crippen molar-refractivity contribution in [3.8, 4) is 11.3 Å². The Kier molecular flexibility index (Phi) is 3.51. The smallest absolute Gasteiger partial charge is 0.132 e. The molecule has 0 bridgehead atoms. The quantitative estimate of drug-likeness (QED) is 0.907. The van der Waals surface area contributed by atoms with E-state index in [-0.39, 0.29) is 0 Å². The van der Waals surface area contributed by atoms with Crippen molar-refractivity contribution in [2.45, 2.75) is 31.6 Å². The Morgan fingerprint density at radius 1 is 1.16 bits per heavy atom. The molecule has 1 aromatic carbocycles. The van der Waals surface area contributed by atoms with Gasteiger partial charge in [0.2, 0.25) is 0 Å². The second-order valence-corrected chi connectivity index (χ2v) is 5.92. The van der Waals surface area contributed by atoms with Crippen molar-refractivity contribution in [2.24, 2.45) is 0 Å². The summed E-state index contributed by atoms with van der Waals surface area (Å²) in [4.78, 5) is 19.1. The average molecular weight is 319 g/mol. The summed E-state index contributed by atoms with van der Waals surface area (Å²) in [5, 5.41) is 0. The van der Waals surface area contributed by atoms with Gasteiger partial charge in [0.15, 0.2) is 0 Å². The van der Waals surface area contributed by atoms with Crippen molar-refractivity contribution < 1.29 is 4.79 Å². The van der Waals surface area contributed by atoms with Crippen LogP contribution in [0.15, 0.2) is 34.9 Å². The Morgan fingerprint density at radius 2 is 1.84 bits per heavy atom. The number of halogens is 1. The Bertz CT molecular complexity index is 578. The Morgan fingerprint density at radius 3 is 2.53 bits per heavy atom. The number of carbonyl (C=O) groups is 1. The van der Waals surface area contributed by atoms with Crippen LogP contribution in [-0.4, -0.2) is 15.8 Å². The van der Waals surface area contributed by atoms with Crippen molar-refractivity contribution in [1.82, 2.24) is 9.97 Å². The molecule has 0 saturated heterocycles.